The van der Waals surface area contributed by atoms with Gasteiger partial charge in [0.2, 0.25) is 0 Å². The molecule has 0 radical (unpaired) electrons. The standard InChI is InChI=1S/C22H23FN4O2/c1-15-19(13-25-27(15)17-9-7-16(23)8-10-17)22(28)26-12-11-24-14-20(26)18-5-3-4-6-21(18)29-2/h3-10,13,20,24H,11-12,14H2,1-2H3. The molecule has 1 atom stereocenters. The summed E-state index contributed by atoms with van der Waals surface area (Å²) < 4.78 is 20.4. The first-order valence-electron chi connectivity index (χ1n) is 9.55. The summed E-state index contributed by atoms with van der Waals surface area (Å²) in [6.07, 6.45) is 1.59. The van der Waals surface area contributed by atoms with Crippen LogP contribution in [-0.2, 0) is 0 Å². The number of rotatable bonds is 4. The molecule has 0 aliphatic carbocycles. The fourth-order valence-electron chi connectivity index (χ4n) is 3.78. The van der Waals surface area contributed by atoms with E-state index >= 15 is 0 Å². The summed E-state index contributed by atoms with van der Waals surface area (Å²) in [6.45, 7) is 3.81. The van der Waals surface area contributed by atoms with Crippen LogP contribution in [0.5, 0.6) is 5.75 Å². The third-order valence-electron chi connectivity index (χ3n) is 5.31. The molecule has 1 aliphatic heterocycles. The Labute approximate surface area is 168 Å². The van der Waals surface area contributed by atoms with Crippen molar-refractivity contribution in [2.75, 3.05) is 26.7 Å². The predicted octanol–water partition coefficient (Wildman–Crippen LogP) is 3.12. The molecule has 1 amide bonds. The van der Waals surface area contributed by atoms with Gasteiger partial charge in [0.25, 0.3) is 5.91 Å². The summed E-state index contributed by atoms with van der Waals surface area (Å²) in [5.41, 5.74) is 2.94. The normalized spacial score (nSPS) is 16.7. The molecule has 1 unspecified atom stereocenters. The lowest BCUT2D eigenvalue weighted by Crippen LogP contribution is -2.48. The average molecular weight is 394 g/mol. The number of benzene rings is 2. The molecule has 0 spiro atoms. The number of ether oxygens (including phenoxy) is 1. The predicted molar refractivity (Wildman–Crippen MR) is 108 cm³/mol. The van der Waals surface area contributed by atoms with E-state index in [4.69, 9.17) is 4.74 Å². The summed E-state index contributed by atoms with van der Waals surface area (Å²) in [6, 6.07) is 13.7. The Balaban J connectivity index is 1.67. The van der Waals surface area contributed by atoms with Crippen molar-refractivity contribution in [2.45, 2.75) is 13.0 Å². The summed E-state index contributed by atoms with van der Waals surface area (Å²) in [4.78, 5) is 15.3. The lowest BCUT2D eigenvalue weighted by molar-refractivity contribution is 0.0631. The van der Waals surface area contributed by atoms with Crippen molar-refractivity contribution in [1.29, 1.82) is 0 Å². The highest BCUT2D eigenvalue weighted by atomic mass is 19.1. The second-order valence-electron chi connectivity index (χ2n) is 6.99. The summed E-state index contributed by atoms with van der Waals surface area (Å²) in [5.74, 6) is 0.376. The van der Waals surface area contributed by atoms with E-state index in [0.717, 1.165) is 23.6 Å². The summed E-state index contributed by atoms with van der Waals surface area (Å²) >= 11 is 0. The highest BCUT2D eigenvalue weighted by Gasteiger charge is 2.32. The highest BCUT2D eigenvalue weighted by molar-refractivity contribution is 5.95. The van der Waals surface area contributed by atoms with Crippen molar-refractivity contribution in [1.82, 2.24) is 20.0 Å². The zero-order chi connectivity index (χ0) is 20.4. The number of methoxy groups -OCH3 is 1. The molecule has 0 saturated carbocycles. The average Bonchev–Trinajstić information content (AvgIpc) is 3.15. The van der Waals surface area contributed by atoms with Gasteiger partial charge in [-0.2, -0.15) is 5.10 Å². The Kier molecular flexibility index (Phi) is 5.31. The van der Waals surface area contributed by atoms with Gasteiger partial charge in [-0.3, -0.25) is 4.79 Å². The van der Waals surface area contributed by atoms with Crippen LogP contribution in [0, 0.1) is 12.7 Å². The molecule has 1 fully saturated rings. The van der Waals surface area contributed by atoms with E-state index in [1.807, 2.05) is 36.1 Å². The molecule has 150 valence electrons. The number of nitrogens with zero attached hydrogens (tertiary/aromatic N) is 3. The fraction of sp³-hybridized carbons (Fsp3) is 0.273. The maximum absolute atomic E-state index is 13.4. The molecule has 7 heteroatoms. The molecular formula is C22H23FN4O2. The van der Waals surface area contributed by atoms with Gasteiger partial charge in [0.1, 0.15) is 11.6 Å². The van der Waals surface area contributed by atoms with E-state index < -0.39 is 0 Å². The summed E-state index contributed by atoms with van der Waals surface area (Å²) in [5, 5.41) is 7.74. The molecule has 0 bridgehead atoms. The van der Waals surface area contributed by atoms with Gasteiger partial charge in [-0.15, -0.1) is 0 Å². The van der Waals surface area contributed by atoms with Crippen LogP contribution in [0.3, 0.4) is 0 Å². The maximum Gasteiger partial charge on any atom is 0.257 e. The van der Waals surface area contributed by atoms with Crippen molar-refractivity contribution in [3.63, 3.8) is 0 Å². The van der Waals surface area contributed by atoms with Gasteiger partial charge in [-0.05, 0) is 37.3 Å². The lowest BCUT2D eigenvalue weighted by Gasteiger charge is -2.37. The Morgan fingerprint density at radius 2 is 1.97 bits per heavy atom. The molecule has 4 rings (SSSR count). The second kappa shape index (κ2) is 8.05. The largest absolute Gasteiger partial charge is 0.496 e. The number of amides is 1. The molecule has 29 heavy (non-hydrogen) atoms. The third kappa shape index (κ3) is 3.61. The SMILES string of the molecule is COc1ccccc1C1CNCCN1C(=O)c1cnn(-c2ccc(F)cc2)c1C. The minimum Gasteiger partial charge on any atom is -0.496 e. The Morgan fingerprint density at radius 3 is 2.72 bits per heavy atom. The van der Waals surface area contributed by atoms with Gasteiger partial charge in [0.15, 0.2) is 0 Å². The zero-order valence-electron chi connectivity index (χ0n) is 16.4. The van der Waals surface area contributed by atoms with Crippen LogP contribution in [-0.4, -0.2) is 47.3 Å². The number of carbonyl (C=O) groups is 1. The topological polar surface area (TPSA) is 59.4 Å². The van der Waals surface area contributed by atoms with E-state index in [-0.39, 0.29) is 17.8 Å². The molecule has 2 aromatic carbocycles. The fourth-order valence-corrected chi connectivity index (χ4v) is 3.78. The number of carbonyl (C=O) groups excluding carboxylic acids is 1. The minimum atomic E-state index is -0.310. The van der Waals surface area contributed by atoms with Crippen molar-refractivity contribution >= 4 is 5.91 Å². The first-order chi connectivity index (χ1) is 14.1. The van der Waals surface area contributed by atoms with Crippen molar-refractivity contribution < 1.29 is 13.9 Å². The number of hydrogen-bond acceptors (Lipinski definition) is 4. The Bertz CT molecular complexity index is 1020. The smallest absolute Gasteiger partial charge is 0.257 e. The zero-order valence-corrected chi connectivity index (χ0v) is 16.4. The van der Waals surface area contributed by atoms with Crippen LogP contribution in [0.4, 0.5) is 4.39 Å². The highest BCUT2D eigenvalue weighted by Crippen LogP contribution is 2.31. The van der Waals surface area contributed by atoms with Gasteiger partial charge < -0.3 is 15.0 Å². The van der Waals surface area contributed by atoms with E-state index in [0.29, 0.717) is 24.3 Å². The van der Waals surface area contributed by atoms with Gasteiger partial charge in [0.05, 0.1) is 36.3 Å². The maximum atomic E-state index is 13.4. The second-order valence-corrected chi connectivity index (χ2v) is 6.99. The number of piperazine rings is 1. The van der Waals surface area contributed by atoms with Crippen LogP contribution >= 0.6 is 0 Å². The molecule has 1 aliphatic rings. The van der Waals surface area contributed by atoms with Crippen molar-refractivity contribution in [3.8, 4) is 11.4 Å². The van der Waals surface area contributed by atoms with Crippen molar-refractivity contribution in [3.05, 3.63) is 77.4 Å². The number of aromatic nitrogens is 2. The van der Waals surface area contributed by atoms with E-state index in [2.05, 4.69) is 10.4 Å². The summed E-state index contributed by atoms with van der Waals surface area (Å²) in [7, 11) is 1.64. The Morgan fingerprint density at radius 1 is 1.21 bits per heavy atom. The van der Waals surface area contributed by atoms with Crippen LogP contribution in [0.1, 0.15) is 27.7 Å². The van der Waals surface area contributed by atoms with Crippen LogP contribution in [0.15, 0.2) is 54.7 Å². The van der Waals surface area contributed by atoms with E-state index in [9.17, 15) is 9.18 Å². The molecule has 1 N–H and O–H groups in total. The number of halogens is 1. The first-order valence-corrected chi connectivity index (χ1v) is 9.55. The monoisotopic (exact) mass is 394 g/mol. The molecule has 1 saturated heterocycles. The van der Waals surface area contributed by atoms with Crippen LogP contribution in [0.2, 0.25) is 0 Å². The van der Waals surface area contributed by atoms with Gasteiger partial charge in [-0.25, -0.2) is 9.07 Å². The van der Waals surface area contributed by atoms with Gasteiger partial charge in [0, 0.05) is 25.2 Å². The Hall–Kier alpha value is -3.19. The molecule has 1 aromatic heterocycles. The lowest BCUT2D eigenvalue weighted by atomic mass is 10.0. The third-order valence-corrected chi connectivity index (χ3v) is 5.31. The van der Waals surface area contributed by atoms with Gasteiger partial charge >= 0.3 is 0 Å². The van der Waals surface area contributed by atoms with E-state index in [1.165, 1.54) is 12.1 Å². The van der Waals surface area contributed by atoms with Crippen LogP contribution in [0.25, 0.3) is 5.69 Å². The number of hydrogen-bond donors (Lipinski definition) is 1. The number of para-hydroxylation sites is 1. The minimum absolute atomic E-state index is 0.0757. The molecule has 6 nitrogen and oxygen atoms in total. The quantitative estimate of drug-likeness (QED) is 0.739. The molecular weight excluding hydrogens is 371 g/mol. The molecule has 3 aromatic rings. The van der Waals surface area contributed by atoms with Gasteiger partial charge in [-0.1, -0.05) is 18.2 Å². The van der Waals surface area contributed by atoms with E-state index in [1.54, 1.807) is 30.1 Å². The van der Waals surface area contributed by atoms with Crippen molar-refractivity contribution in [2.24, 2.45) is 0 Å². The van der Waals surface area contributed by atoms with Crippen LogP contribution < -0.4 is 10.1 Å². The first kappa shape index (κ1) is 19.1. The number of nitrogens with one attached hydrogen (secondary N) is 1. The molecule has 2 heterocycles.